The van der Waals surface area contributed by atoms with Crippen LogP contribution in [0.1, 0.15) is 16.7 Å². The molecule has 5 nitrogen and oxygen atoms in total. The second-order valence-corrected chi connectivity index (χ2v) is 7.28. The van der Waals surface area contributed by atoms with Crippen molar-refractivity contribution in [3.63, 3.8) is 0 Å². The second-order valence-electron chi connectivity index (χ2n) is 7.28. The summed E-state index contributed by atoms with van der Waals surface area (Å²) in [4.78, 5) is 15.1. The van der Waals surface area contributed by atoms with Crippen molar-refractivity contribution in [3.05, 3.63) is 106 Å². The lowest BCUT2D eigenvalue weighted by Gasteiger charge is -2.13. The van der Waals surface area contributed by atoms with E-state index in [2.05, 4.69) is 4.99 Å². The van der Waals surface area contributed by atoms with Crippen LogP contribution in [-0.2, 0) is 6.18 Å². The third-order valence-electron chi connectivity index (χ3n) is 5.08. The fraction of sp³-hybridized carbons (Fsp3) is 0.0800. The van der Waals surface area contributed by atoms with Gasteiger partial charge in [-0.25, -0.2) is 0 Å². The molecule has 0 saturated heterocycles. The van der Waals surface area contributed by atoms with Crippen LogP contribution in [0.4, 0.5) is 24.5 Å². The highest BCUT2D eigenvalue weighted by molar-refractivity contribution is 6.03. The molecule has 0 amide bonds. The minimum atomic E-state index is -4.71. The first kappa shape index (κ1) is 22.0. The molecule has 4 aromatic rings. The van der Waals surface area contributed by atoms with Crippen LogP contribution in [-0.4, -0.2) is 11.1 Å². The van der Waals surface area contributed by atoms with Crippen LogP contribution in [0.5, 0.6) is 11.5 Å². The van der Waals surface area contributed by atoms with Crippen LogP contribution in [0, 0.1) is 17.0 Å². The Bertz CT molecular complexity index is 1380. The molecule has 0 aliphatic rings. The van der Waals surface area contributed by atoms with E-state index in [1.54, 1.807) is 18.3 Å². The smallest absolute Gasteiger partial charge is 0.416 e. The molecular formula is C25H17F3N2O3. The third-order valence-corrected chi connectivity index (χ3v) is 5.08. The van der Waals surface area contributed by atoms with E-state index in [9.17, 15) is 23.3 Å². The van der Waals surface area contributed by atoms with Crippen molar-refractivity contribution in [1.82, 2.24) is 0 Å². The Morgan fingerprint density at radius 3 is 2.36 bits per heavy atom. The summed E-state index contributed by atoms with van der Waals surface area (Å²) in [5.74, 6) is -0.0669. The van der Waals surface area contributed by atoms with E-state index in [-0.39, 0.29) is 11.5 Å². The Balaban J connectivity index is 1.83. The number of halogens is 3. The summed E-state index contributed by atoms with van der Waals surface area (Å²) < 4.78 is 44.9. The van der Waals surface area contributed by atoms with Crippen molar-refractivity contribution >= 4 is 28.4 Å². The van der Waals surface area contributed by atoms with Gasteiger partial charge in [-0.05, 0) is 47.5 Å². The van der Waals surface area contributed by atoms with Crippen molar-refractivity contribution < 1.29 is 22.8 Å². The van der Waals surface area contributed by atoms with Gasteiger partial charge >= 0.3 is 11.9 Å². The molecule has 0 heterocycles. The molecule has 4 rings (SSSR count). The number of alkyl halides is 3. The van der Waals surface area contributed by atoms with Gasteiger partial charge in [-0.2, -0.15) is 13.2 Å². The Hall–Kier alpha value is -4.20. The predicted molar refractivity (Wildman–Crippen MR) is 121 cm³/mol. The SMILES string of the molecule is Cc1ccccc1N=Cc1c(Oc2ccc(C(F)(F)F)cc2[N+](=O)[O-])ccc2ccccc12. The Morgan fingerprint density at radius 2 is 1.64 bits per heavy atom. The lowest BCUT2D eigenvalue weighted by atomic mass is 10.0. The first-order valence-electron chi connectivity index (χ1n) is 9.89. The van der Waals surface area contributed by atoms with Gasteiger partial charge in [0, 0.05) is 17.8 Å². The van der Waals surface area contributed by atoms with Crippen molar-refractivity contribution in [2.45, 2.75) is 13.1 Å². The minimum absolute atomic E-state index is 0.230. The van der Waals surface area contributed by atoms with E-state index in [1.807, 2.05) is 55.5 Å². The molecule has 0 aliphatic carbocycles. The molecule has 0 aliphatic heterocycles. The summed E-state index contributed by atoms with van der Waals surface area (Å²) in [6.07, 6.45) is -3.12. The van der Waals surface area contributed by atoms with Gasteiger partial charge in [0.15, 0.2) is 0 Å². The monoisotopic (exact) mass is 450 g/mol. The number of fused-ring (bicyclic) bond motifs is 1. The maximum atomic E-state index is 13.0. The highest BCUT2D eigenvalue weighted by Crippen LogP contribution is 2.39. The van der Waals surface area contributed by atoms with Crippen LogP contribution in [0.15, 0.2) is 83.9 Å². The molecule has 0 fully saturated rings. The largest absolute Gasteiger partial charge is 0.449 e. The van der Waals surface area contributed by atoms with Crippen LogP contribution in [0.2, 0.25) is 0 Å². The van der Waals surface area contributed by atoms with Gasteiger partial charge < -0.3 is 4.74 Å². The minimum Gasteiger partial charge on any atom is -0.449 e. The van der Waals surface area contributed by atoms with Gasteiger partial charge in [0.05, 0.1) is 16.2 Å². The van der Waals surface area contributed by atoms with E-state index >= 15 is 0 Å². The molecule has 0 spiro atoms. The topological polar surface area (TPSA) is 64.7 Å². The molecule has 0 aromatic heterocycles. The van der Waals surface area contributed by atoms with E-state index in [1.165, 1.54) is 0 Å². The maximum absolute atomic E-state index is 13.0. The lowest BCUT2D eigenvalue weighted by Crippen LogP contribution is -2.06. The Labute approximate surface area is 186 Å². The van der Waals surface area contributed by atoms with E-state index in [0.29, 0.717) is 11.6 Å². The number of aliphatic imine (C=N–C) groups is 1. The highest BCUT2D eigenvalue weighted by Gasteiger charge is 2.33. The normalized spacial score (nSPS) is 11.8. The van der Waals surface area contributed by atoms with Gasteiger partial charge in [0.2, 0.25) is 5.75 Å². The van der Waals surface area contributed by atoms with Crippen LogP contribution >= 0.6 is 0 Å². The standard InChI is InChI=1S/C25H17F3N2O3/c1-16-6-2-5-9-21(16)29-15-20-19-8-4-3-7-17(19)10-12-23(20)33-24-13-11-18(25(26,27)28)14-22(24)30(31)32/h2-15H,1H3. The van der Waals surface area contributed by atoms with Gasteiger partial charge in [0.1, 0.15) is 5.75 Å². The van der Waals surface area contributed by atoms with Gasteiger partial charge in [-0.15, -0.1) is 0 Å². The zero-order valence-electron chi connectivity index (χ0n) is 17.3. The molecule has 0 radical (unpaired) electrons. The Morgan fingerprint density at radius 1 is 0.939 bits per heavy atom. The number of ether oxygens (including phenoxy) is 1. The van der Waals surface area contributed by atoms with Crippen molar-refractivity contribution in [3.8, 4) is 11.5 Å². The van der Waals surface area contributed by atoms with E-state index in [0.717, 1.165) is 34.2 Å². The number of nitrogens with zero attached hydrogens (tertiary/aromatic N) is 2. The highest BCUT2D eigenvalue weighted by atomic mass is 19.4. The quantitative estimate of drug-likeness (QED) is 0.178. The van der Waals surface area contributed by atoms with E-state index in [4.69, 9.17) is 4.74 Å². The van der Waals surface area contributed by atoms with E-state index < -0.39 is 22.4 Å². The van der Waals surface area contributed by atoms with Crippen LogP contribution in [0.25, 0.3) is 10.8 Å². The zero-order chi connectivity index (χ0) is 23.6. The second kappa shape index (κ2) is 8.74. The van der Waals surface area contributed by atoms with Crippen molar-refractivity contribution in [2.24, 2.45) is 4.99 Å². The third kappa shape index (κ3) is 4.69. The zero-order valence-corrected chi connectivity index (χ0v) is 17.3. The van der Waals surface area contributed by atoms with Crippen LogP contribution < -0.4 is 4.74 Å². The van der Waals surface area contributed by atoms with Gasteiger partial charge in [-0.1, -0.05) is 48.5 Å². The summed E-state index contributed by atoms with van der Waals surface area (Å²) in [6.45, 7) is 1.92. The molecule has 0 bridgehead atoms. The molecule has 0 unspecified atom stereocenters. The number of aryl methyl sites for hydroxylation is 1. The number of hydrogen-bond acceptors (Lipinski definition) is 4. The van der Waals surface area contributed by atoms with Gasteiger partial charge in [0.25, 0.3) is 0 Å². The molecule has 0 N–H and O–H groups in total. The number of nitro benzene ring substituents is 1. The predicted octanol–water partition coefficient (Wildman–Crippen LogP) is 7.62. The number of nitro groups is 1. The molecule has 33 heavy (non-hydrogen) atoms. The average Bonchev–Trinajstić information content (AvgIpc) is 2.78. The van der Waals surface area contributed by atoms with Gasteiger partial charge in [-0.3, -0.25) is 15.1 Å². The fourth-order valence-corrected chi connectivity index (χ4v) is 3.38. The summed E-state index contributed by atoms with van der Waals surface area (Å²) in [5, 5.41) is 13.1. The first-order chi connectivity index (χ1) is 15.7. The molecule has 0 saturated carbocycles. The van der Waals surface area contributed by atoms with Crippen LogP contribution in [0.3, 0.4) is 0 Å². The summed E-state index contributed by atoms with van der Waals surface area (Å²) in [7, 11) is 0. The number of para-hydroxylation sites is 1. The number of benzene rings is 4. The lowest BCUT2D eigenvalue weighted by molar-refractivity contribution is -0.385. The fourth-order valence-electron chi connectivity index (χ4n) is 3.38. The average molecular weight is 450 g/mol. The molecular weight excluding hydrogens is 433 g/mol. The first-order valence-corrected chi connectivity index (χ1v) is 9.89. The number of rotatable bonds is 5. The summed E-state index contributed by atoms with van der Waals surface area (Å²) in [5.41, 5.74) is 0.332. The molecule has 8 heteroatoms. The maximum Gasteiger partial charge on any atom is 0.416 e. The molecule has 4 aromatic carbocycles. The van der Waals surface area contributed by atoms with Crippen molar-refractivity contribution in [1.29, 1.82) is 0 Å². The van der Waals surface area contributed by atoms with Crippen molar-refractivity contribution in [2.75, 3.05) is 0 Å². The molecule has 166 valence electrons. The number of hydrogen-bond donors (Lipinski definition) is 0. The summed E-state index contributed by atoms with van der Waals surface area (Å²) >= 11 is 0. The summed E-state index contributed by atoms with van der Waals surface area (Å²) in [6, 6.07) is 20.5. The molecule has 0 atom stereocenters. The Kier molecular flexibility index (Phi) is 5.83.